The second-order valence-electron chi connectivity index (χ2n) is 5.63. The summed E-state index contributed by atoms with van der Waals surface area (Å²) in [5, 5.41) is 3.20. The molecular weight excluding hydrogens is 384 g/mol. The molecule has 0 spiro atoms. The molecule has 9 heteroatoms. The average molecular weight is 403 g/mol. The van der Waals surface area contributed by atoms with Crippen LogP contribution >= 0.6 is 12.4 Å². The van der Waals surface area contributed by atoms with E-state index < -0.39 is 19.9 Å². The molecule has 1 aliphatic heterocycles. The Balaban J connectivity index is 0.00000225. The Hall–Kier alpha value is -1.61. The maximum Gasteiger partial charge on any atom is 0.264 e. The standard InChI is InChI=1S/C16H18N2O4S2.ClH/c1-23(19,20)14-6-8-15(9-7-14)24(21,22)18-11-10-17-12-13-4-2-3-5-16(13)18;/h2-9,17H,10-12H2,1H3;1H. The highest BCUT2D eigenvalue weighted by molar-refractivity contribution is 7.93. The van der Waals surface area contributed by atoms with Crippen LogP contribution in [-0.4, -0.2) is 36.2 Å². The van der Waals surface area contributed by atoms with Crippen molar-refractivity contribution in [2.75, 3.05) is 23.7 Å². The van der Waals surface area contributed by atoms with Crippen molar-refractivity contribution in [1.82, 2.24) is 5.32 Å². The number of nitrogens with one attached hydrogen (secondary N) is 1. The number of nitrogens with zero attached hydrogens (tertiary/aromatic N) is 1. The van der Waals surface area contributed by atoms with Gasteiger partial charge in [-0.25, -0.2) is 16.8 Å². The molecular formula is C16H19ClN2O4S2. The van der Waals surface area contributed by atoms with Gasteiger partial charge < -0.3 is 5.32 Å². The van der Waals surface area contributed by atoms with E-state index in [1.807, 2.05) is 12.1 Å². The molecule has 1 heterocycles. The fourth-order valence-electron chi connectivity index (χ4n) is 2.66. The Bertz CT molecular complexity index is 958. The van der Waals surface area contributed by atoms with E-state index in [0.717, 1.165) is 11.8 Å². The predicted molar refractivity (Wildman–Crippen MR) is 99.5 cm³/mol. The number of fused-ring (bicyclic) bond motifs is 1. The van der Waals surface area contributed by atoms with Crippen LogP contribution in [0.2, 0.25) is 0 Å². The number of benzene rings is 2. The Morgan fingerprint density at radius 1 is 0.920 bits per heavy atom. The van der Waals surface area contributed by atoms with E-state index in [1.165, 1.54) is 28.6 Å². The molecule has 1 N–H and O–H groups in total. The monoisotopic (exact) mass is 402 g/mol. The summed E-state index contributed by atoms with van der Waals surface area (Å²) in [5.41, 5.74) is 1.56. The second-order valence-corrected chi connectivity index (χ2v) is 9.50. The molecule has 0 fully saturated rings. The maximum absolute atomic E-state index is 13.0. The van der Waals surface area contributed by atoms with Crippen LogP contribution in [0.4, 0.5) is 5.69 Å². The van der Waals surface area contributed by atoms with Crippen molar-refractivity contribution in [3.63, 3.8) is 0 Å². The summed E-state index contributed by atoms with van der Waals surface area (Å²) < 4.78 is 50.5. The molecule has 6 nitrogen and oxygen atoms in total. The van der Waals surface area contributed by atoms with Gasteiger partial charge in [-0.3, -0.25) is 4.31 Å². The molecule has 0 unspecified atom stereocenters. The lowest BCUT2D eigenvalue weighted by atomic mass is 10.2. The van der Waals surface area contributed by atoms with E-state index in [9.17, 15) is 16.8 Å². The van der Waals surface area contributed by atoms with E-state index in [0.29, 0.717) is 25.3 Å². The van der Waals surface area contributed by atoms with Crippen molar-refractivity contribution in [3.05, 3.63) is 54.1 Å². The van der Waals surface area contributed by atoms with Gasteiger partial charge in [-0.2, -0.15) is 0 Å². The zero-order valence-corrected chi connectivity index (χ0v) is 16.0. The molecule has 1 aliphatic rings. The van der Waals surface area contributed by atoms with Gasteiger partial charge in [0, 0.05) is 25.9 Å². The van der Waals surface area contributed by atoms with Crippen LogP contribution in [0.3, 0.4) is 0 Å². The van der Waals surface area contributed by atoms with Crippen molar-refractivity contribution >= 4 is 38.0 Å². The molecule has 3 rings (SSSR count). The maximum atomic E-state index is 13.0. The fourth-order valence-corrected chi connectivity index (χ4v) is 4.80. The minimum Gasteiger partial charge on any atom is -0.311 e. The number of anilines is 1. The lowest BCUT2D eigenvalue weighted by Crippen LogP contribution is -2.34. The van der Waals surface area contributed by atoms with Gasteiger partial charge in [0.1, 0.15) is 0 Å². The molecule has 0 aliphatic carbocycles. The number of sulfonamides is 1. The highest BCUT2D eigenvalue weighted by Crippen LogP contribution is 2.28. The third-order valence-electron chi connectivity index (χ3n) is 3.91. The number of rotatable bonds is 3. The van der Waals surface area contributed by atoms with E-state index in [1.54, 1.807) is 12.1 Å². The largest absolute Gasteiger partial charge is 0.311 e. The summed E-state index contributed by atoms with van der Waals surface area (Å²) >= 11 is 0. The molecule has 136 valence electrons. The number of hydrogen-bond donors (Lipinski definition) is 1. The molecule has 2 aromatic carbocycles. The first-order valence-corrected chi connectivity index (χ1v) is 10.7. The normalized spacial score (nSPS) is 15.0. The number of hydrogen-bond acceptors (Lipinski definition) is 5. The highest BCUT2D eigenvalue weighted by atomic mass is 35.5. The molecule has 0 bridgehead atoms. The third-order valence-corrected chi connectivity index (χ3v) is 6.86. The first-order valence-electron chi connectivity index (χ1n) is 7.41. The first kappa shape index (κ1) is 19.7. The van der Waals surface area contributed by atoms with Crippen molar-refractivity contribution in [2.45, 2.75) is 16.3 Å². The predicted octanol–water partition coefficient (Wildman–Crippen LogP) is 1.81. The van der Waals surface area contributed by atoms with Gasteiger partial charge >= 0.3 is 0 Å². The third kappa shape index (κ3) is 3.98. The van der Waals surface area contributed by atoms with E-state index in [2.05, 4.69) is 5.32 Å². The van der Waals surface area contributed by atoms with Crippen molar-refractivity contribution < 1.29 is 16.8 Å². The van der Waals surface area contributed by atoms with Crippen LogP contribution in [0.15, 0.2) is 58.3 Å². The van der Waals surface area contributed by atoms with Crippen LogP contribution in [0.1, 0.15) is 5.56 Å². The van der Waals surface area contributed by atoms with Crippen molar-refractivity contribution in [3.8, 4) is 0 Å². The van der Waals surface area contributed by atoms with Gasteiger partial charge in [0.25, 0.3) is 10.0 Å². The highest BCUT2D eigenvalue weighted by Gasteiger charge is 2.28. The van der Waals surface area contributed by atoms with Gasteiger partial charge in [0.15, 0.2) is 9.84 Å². The molecule has 0 atom stereocenters. The van der Waals surface area contributed by atoms with Crippen LogP contribution in [0, 0.1) is 0 Å². The van der Waals surface area contributed by atoms with Gasteiger partial charge in [-0.1, -0.05) is 18.2 Å². The lowest BCUT2D eigenvalue weighted by molar-refractivity contribution is 0.588. The van der Waals surface area contributed by atoms with E-state index in [-0.39, 0.29) is 22.2 Å². The Morgan fingerprint density at radius 2 is 1.52 bits per heavy atom. The average Bonchev–Trinajstić information content (AvgIpc) is 2.77. The van der Waals surface area contributed by atoms with Crippen LogP contribution in [0.25, 0.3) is 0 Å². The lowest BCUT2D eigenvalue weighted by Gasteiger charge is -2.24. The molecule has 0 saturated carbocycles. The fraction of sp³-hybridized carbons (Fsp3) is 0.250. The minimum atomic E-state index is -3.76. The summed E-state index contributed by atoms with van der Waals surface area (Å²) in [6.45, 7) is 1.46. The second kappa shape index (κ2) is 7.33. The smallest absolute Gasteiger partial charge is 0.264 e. The molecule has 0 aromatic heterocycles. The summed E-state index contributed by atoms with van der Waals surface area (Å²) in [4.78, 5) is 0.172. The topological polar surface area (TPSA) is 83.5 Å². The number of sulfone groups is 1. The van der Waals surface area contributed by atoms with Crippen LogP contribution in [0.5, 0.6) is 0 Å². The number of halogens is 1. The summed E-state index contributed by atoms with van der Waals surface area (Å²) in [6, 6.07) is 12.7. The first-order chi connectivity index (χ1) is 11.3. The molecule has 0 saturated heterocycles. The zero-order valence-electron chi connectivity index (χ0n) is 13.5. The van der Waals surface area contributed by atoms with Gasteiger partial charge in [0.2, 0.25) is 0 Å². The van der Waals surface area contributed by atoms with Gasteiger partial charge in [0.05, 0.1) is 15.5 Å². The van der Waals surface area contributed by atoms with E-state index in [4.69, 9.17) is 0 Å². The van der Waals surface area contributed by atoms with Crippen molar-refractivity contribution in [1.29, 1.82) is 0 Å². The summed E-state index contributed by atoms with van der Waals surface area (Å²) in [7, 11) is -7.13. The van der Waals surface area contributed by atoms with Crippen LogP contribution in [-0.2, 0) is 26.4 Å². The Morgan fingerprint density at radius 3 is 2.16 bits per heavy atom. The molecule has 0 radical (unpaired) electrons. The van der Waals surface area contributed by atoms with Crippen LogP contribution < -0.4 is 9.62 Å². The molecule has 2 aromatic rings. The summed E-state index contributed by atoms with van der Waals surface area (Å²) in [5.74, 6) is 0. The summed E-state index contributed by atoms with van der Waals surface area (Å²) in [6.07, 6.45) is 1.09. The Labute approximate surface area is 154 Å². The van der Waals surface area contributed by atoms with E-state index >= 15 is 0 Å². The SMILES string of the molecule is CS(=O)(=O)c1ccc(S(=O)(=O)N2CCNCc3ccccc32)cc1.Cl. The molecule has 25 heavy (non-hydrogen) atoms. The zero-order chi connectivity index (χ0) is 17.4. The minimum absolute atomic E-state index is 0. The Kier molecular flexibility index (Phi) is 5.78. The van der Waals surface area contributed by atoms with Gasteiger partial charge in [-0.15, -0.1) is 12.4 Å². The number of para-hydroxylation sites is 1. The quantitative estimate of drug-likeness (QED) is 0.846. The van der Waals surface area contributed by atoms with Gasteiger partial charge in [-0.05, 0) is 35.9 Å². The van der Waals surface area contributed by atoms with Crippen molar-refractivity contribution in [2.24, 2.45) is 0 Å². The molecule has 0 amide bonds.